The van der Waals surface area contributed by atoms with Crippen LogP contribution in [0.3, 0.4) is 0 Å². The fourth-order valence-corrected chi connectivity index (χ4v) is 2.89. The van der Waals surface area contributed by atoms with Gasteiger partial charge >= 0.3 is 0 Å². The molecule has 0 saturated heterocycles. The monoisotopic (exact) mass is 341 g/mol. The van der Waals surface area contributed by atoms with Crippen molar-refractivity contribution in [3.05, 3.63) is 59.2 Å². The number of unbranched alkanes of at least 4 members (excludes halogenated alkanes) is 1. The van der Waals surface area contributed by atoms with Crippen LogP contribution in [-0.2, 0) is 13.0 Å². The molecule has 0 saturated carbocycles. The van der Waals surface area contributed by atoms with E-state index in [4.69, 9.17) is 9.47 Å². The summed E-state index contributed by atoms with van der Waals surface area (Å²) in [5.41, 5.74) is 3.71. The summed E-state index contributed by atoms with van der Waals surface area (Å²) < 4.78 is 11.5. The van der Waals surface area contributed by atoms with Crippen molar-refractivity contribution >= 4 is 0 Å². The van der Waals surface area contributed by atoms with E-state index in [0.29, 0.717) is 13.2 Å². The molecule has 0 aliphatic heterocycles. The first-order valence-corrected chi connectivity index (χ1v) is 9.38. The molecular weight excluding hydrogens is 310 g/mol. The Labute approximate surface area is 152 Å². The van der Waals surface area contributed by atoms with E-state index in [1.807, 2.05) is 13.8 Å². The van der Waals surface area contributed by atoms with Crippen molar-refractivity contribution < 1.29 is 9.47 Å². The smallest absolute Gasteiger partial charge is 0.126 e. The molecular formula is C22H31NO2. The van der Waals surface area contributed by atoms with Crippen molar-refractivity contribution in [2.45, 2.75) is 46.6 Å². The first-order chi connectivity index (χ1) is 12.2. The van der Waals surface area contributed by atoms with E-state index in [-0.39, 0.29) is 0 Å². The predicted molar refractivity (Wildman–Crippen MR) is 105 cm³/mol. The highest BCUT2D eigenvalue weighted by atomic mass is 16.5. The molecule has 0 fully saturated rings. The largest absolute Gasteiger partial charge is 0.493 e. The second-order valence-corrected chi connectivity index (χ2v) is 6.20. The summed E-state index contributed by atoms with van der Waals surface area (Å²) in [5.74, 6) is 1.85. The van der Waals surface area contributed by atoms with Crippen molar-refractivity contribution in [1.29, 1.82) is 0 Å². The van der Waals surface area contributed by atoms with Gasteiger partial charge in [0.1, 0.15) is 11.5 Å². The van der Waals surface area contributed by atoms with Gasteiger partial charge in [-0.15, -0.1) is 0 Å². The highest BCUT2D eigenvalue weighted by Crippen LogP contribution is 2.30. The molecule has 0 aliphatic rings. The van der Waals surface area contributed by atoms with Gasteiger partial charge < -0.3 is 14.8 Å². The number of hydrogen-bond donors (Lipinski definition) is 1. The average molecular weight is 341 g/mol. The Morgan fingerprint density at radius 2 is 1.48 bits per heavy atom. The lowest BCUT2D eigenvalue weighted by Crippen LogP contribution is -2.15. The van der Waals surface area contributed by atoms with E-state index < -0.39 is 0 Å². The molecule has 0 amide bonds. The molecule has 1 N–H and O–H groups in total. The molecule has 2 aromatic carbocycles. The lowest BCUT2D eigenvalue weighted by molar-refractivity contribution is 0.318. The van der Waals surface area contributed by atoms with E-state index in [0.717, 1.165) is 36.6 Å². The Kier molecular flexibility index (Phi) is 8.33. The Morgan fingerprint density at radius 1 is 0.840 bits per heavy atom. The molecule has 0 aliphatic carbocycles. The minimum Gasteiger partial charge on any atom is -0.493 e. The number of hydrogen-bond acceptors (Lipinski definition) is 3. The Balaban J connectivity index is 1.79. The first kappa shape index (κ1) is 19.3. The highest BCUT2D eigenvalue weighted by molar-refractivity contribution is 5.47. The van der Waals surface area contributed by atoms with Crippen LogP contribution >= 0.6 is 0 Å². The highest BCUT2D eigenvalue weighted by Gasteiger charge is 2.09. The third-order valence-corrected chi connectivity index (χ3v) is 4.21. The lowest BCUT2D eigenvalue weighted by atomic mass is 10.1. The summed E-state index contributed by atoms with van der Waals surface area (Å²) in [6.07, 6.45) is 3.53. The van der Waals surface area contributed by atoms with Crippen LogP contribution in [0.25, 0.3) is 0 Å². The number of nitrogens with one attached hydrogen (secondary N) is 1. The van der Waals surface area contributed by atoms with Crippen LogP contribution in [0.1, 0.15) is 43.4 Å². The van der Waals surface area contributed by atoms with Crippen molar-refractivity contribution in [2.24, 2.45) is 0 Å². The average Bonchev–Trinajstić information content (AvgIpc) is 2.63. The molecule has 136 valence electrons. The van der Waals surface area contributed by atoms with Crippen LogP contribution in [0.15, 0.2) is 42.5 Å². The van der Waals surface area contributed by atoms with Gasteiger partial charge in [0, 0.05) is 12.1 Å². The van der Waals surface area contributed by atoms with Crippen LogP contribution in [-0.4, -0.2) is 19.8 Å². The second kappa shape index (κ2) is 10.8. The minimum absolute atomic E-state index is 0.669. The van der Waals surface area contributed by atoms with Gasteiger partial charge in [-0.05, 0) is 69.8 Å². The summed E-state index contributed by atoms with van der Waals surface area (Å²) in [6, 6.07) is 14.9. The van der Waals surface area contributed by atoms with Gasteiger partial charge in [0.15, 0.2) is 0 Å². The van der Waals surface area contributed by atoms with E-state index in [1.165, 1.54) is 24.0 Å². The van der Waals surface area contributed by atoms with Crippen molar-refractivity contribution in [3.8, 4) is 11.5 Å². The molecule has 0 heterocycles. The van der Waals surface area contributed by atoms with Gasteiger partial charge in [-0.1, -0.05) is 30.3 Å². The van der Waals surface area contributed by atoms with Crippen LogP contribution in [0.4, 0.5) is 0 Å². The Bertz CT molecular complexity index is 598. The molecule has 0 aromatic heterocycles. The Morgan fingerprint density at radius 3 is 2.08 bits per heavy atom. The third-order valence-electron chi connectivity index (χ3n) is 4.21. The van der Waals surface area contributed by atoms with Gasteiger partial charge in [-0.2, -0.15) is 0 Å². The molecule has 0 unspecified atom stereocenters. The normalized spacial score (nSPS) is 10.7. The topological polar surface area (TPSA) is 30.5 Å². The predicted octanol–water partition coefficient (Wildman–Crippen LogP) is 4.90. The molecule has 0 spiro atoms. The van der Waals surface area contributed by atoms with Crippen molar-refractivity contribution in [2.75, 3.05) is 19.8 Å². The van der Waals surface area contributed by atoms with Crippen LogP contribution in [0, 0.1) is 6.92 Å². The third kappa shape index (κ3) is 6.43. The molecule has 0 atom stereocenters. The quantitative estimate of drug-likeness (QED) is 0.589. The second-order valence-electron chi connectivity index (χ2n) is 6.20. The standard InChI is InChI=1S/C22H31NO2/c1-4-24-21-15-20(16-22(18(21)3)25-5-2)17-23-14-10-9-13-19-11-7-6-8-12-19/h6-8,11-12,15-16,23H,4-5,9-10,13-14,17H2,1-3H3. The van der Waals surface area contributed by atoms with Gasteiger partial charge in [0.25, 0.3) is 0 Å². The number of ether oxygens (including phenoxy) is 2. The summed E-state index contributed by atoms with van der Waals surface area (Å²) in [4.78, 5) is 0. The lowest BCUT2D eigenvalue weighted by Gasteiger charge is -2.15. The summed E-state index contributed by atoms with van der Waals surface area (Å²) >= 11 is 0. The molecule has 25 heavy (non-hydrogen) atoms. The minimum atomic E-state index is 0.669. The van der Waals surface area contributed by atoms with Crippen molar-refractivity contribution in [3.63, 3.8) is 0 Å². The van der Waals surface area contributed by atoms with Gasteiger partial charge in [0.05, 0.1) is 13.2 Å². The number of aryl methyl sites for hydroxylation is 1. The maximum absolute atomic E-state index is 5.75. The number of rotatable bonds is 11. The Hall–Kier alpha value is -2.00. The van der Waals surface area contributed by atoms with Gasteiger partial charge in [0.2, 0.25) is 0 Å². The zero-order valence-electron chi connectivity index (χ0n) is 15.8. The van der Waals surface area contributed by atoms with Gasteiger partial charge in [-0.25, -0.2) is 0 Å². The van der Waals surface area contributed by atoms with E-state index >= 15 is 0 Å². The molecule has 3 heteroatoms. The zero-order chi connectivity index (χ0) is 17.9. The maximum atomic E-state index is 5.75. The molecule has 0 radical (unpaired) electrons. The first-order valence-electron chi connectivity index (χ1n) is 9.38. The summed E-state index contributed by atoms with van der Waals surface area (Å²) in [6.45, 7) is 9.28. The van der Waals surface area contributed by atoms with E-state index in [1.54, 1.807) is 0 Å². The van der Waals surface area contributed by atoms with Crippen LogP contribution in [0.2, 0.25) is 0 Å². The van der Waals surface area contributed by atoms with Crippen LogP contribution in [0.5, 0.6) is 11.5 Å². The van der Waals surface area contributed by atoms with Crippen molar-refractivity contribution in [1.82, 2.24) is 5.32 Å². The summed E-state index contributed by atoms with van der Waals surface area (Å²) in [7, 11) is 0. The summed E-state index contributed by atoms with van der Waals surface area (Å²) in [5, 5.41) is 3.53. The maximum Gasteiger partial charge on any atom is 0.126 e. The molecule has 2 aromatic rings. The zero-order valence-corrected chi connectivity index (χ0v) is 15.8. The number of benzene rings is 2. The molecule has 0 bridgehead atoms. The fraction of sp³-hybridized carbons (Fsp3) is 0.455. The van der Waals surface area contributed by atoms with Gasteiger partial charge in [-0.3, -0.25) is 0 Å². The van der Waals surface area contributed by atoms with Crippen LogP contribution < -0.4 is 14.8 Å². The van der Waals surface area contributed by atoms with E-state index in [2.05, 4.69) is 54.7 Å². The van der Waals surface area contributed by atoms with E-state index in [9.17, 15) is 0 Å². The fourth-order valence-electron chi connectivity index (χ4n) is 2.89. The molecule has 2 rings (SSSR count). The SMILES string of the molecule is CCOc1cc(CNCCCCc2ccccc2)cc(OCC)c1C. The molecule has 3 nitrogen and oxygen atoms in total.